The smallest absolute Gasteiger partial charge is 0.270 e. The highest BCUT2D eigenvalue weighted by atomic mass is 16.1. The number of aromatic amines is 1. The van der Waals surface area contributed by atoms with Crippen LogP contribution in [0.4, 0.5) is 17.5 Å². The number of piperidine rings is 1. The molecule has 0 atom stereocenters. The Morgan fingerprint density at radius 3 is 2.76 bits per heavy atom. The quantitative estimate of drug-likeness (QED) is 0.394. The van der Waals surface area contributed by atoms with Crippen LogP contribution in [0.1, 0.15) is 38.6 Å². The minimum atomic E-state index is -0.261. The fourth-order valence-corrected chi connectivity index (χ4v) is 4.36. The van der Waals surface area contributed by atoms with E-state index in [0.717, 1.165) is 44.5 Å². The van der Waals surface area contributed by atoms with Crippen LogP contribution in [0.25, 0.3) is 16.9 Å². The van der Waals surface area contributed by atoms with Crippen molar-refractivity contribution in [1.82, 2.24) is 44.4 Å². The summed E-state index contributed by atoms with van der Waals surface area (Å²) in [6.07, 6.45) is 11.0. The minimum absolute atomic E-state index is 0.0725. The summed E-state index contributed by atoms with van der Waals surface area (Å²) >= 11 is 0. The third kappa shape index (κ3) is 3.89. The second-order valence-electron chi connectivity index (χ2n) is 9.51. The zero-order valence-corrected chi connectivity index (χ0v) is 19.2. The van der Waals surface area contributed by atoms with Gasteiger partial charge < -0.3 is 15.5 Å². The van der Waals surface area contributed by atoms with Gasteiger partial charge in [-0.15, -0.1) is 0 Å². The third-order valence-electron chi connectivity index (χ3n) is 6.72. The summed E-state index contributed by atoms with van der Waals surface area (Å²) in [6, 6.07) is 2.18. The summed E-state index contributed by atoms with van der Waals surface area (Å²) in [4.78, 5) is 29.1. The Labute approximate surface area is 195 Å². The summed E-state index contributed by atoms with van der Waals surface area (Å²) in [5.74, 6) is 1.27. The first-order valence-electron chi connectivity index (χ1n) is 11.5. The van der Waals surface area contributed by atoms with Crippen molar-refractivity contribution in [2.24, 2.45) is 0 Å². The molecule has 2 aliphatic rings. The van der Waals surface area contributed by atoms with E-state index in [0.29, 0.717) is 34.7 Å². The first-order chi connectivity index (χ1) is 16.5. The molecule has 0 amide bonds. The maximum absolute atomic E-state index is 13.3. The highest BCUT2D eigenvalue weighted by Crippen LogP contribution is 2.39. The van der Waals surface area contributed by atoms with Crippen molar-refractivity contribution in [2.45, 2.75) is 44.2 Å². The van der Waals surface area contributed by atoms with E-state index in [1.165, 1.54) is 10.9 Å². The molecule has 0 aromatic carbocycles. The molecular formula is C22H27N11O. The van der Waals surface area contributed by atoms with Crippen LogP contribution in [0.15, 0.2) is 35.8 Å². The molecule has 12 heteroatoms. The first kappa shape index (κ1) is 20.8. The van der Waals surface area contributed by atoms with Gasteiger partial charge in [0.25, 0.3) is 5.56 Å². The van der Waals surface area contributed by atoms with E-state index in [9.17, 15) is 4.79 Å². The Morgan fingerprint density at radius 2 is 2.03 bits per heavy atom. The van der Waals surface area contributed by atoms with Crippen LogP contribution in [-0.4, -0.2) is 70.1 Å². The Balaban J connectivity index is 1.35. The maximum atomic E-state index is 13.3. The molecule has 176 valence electrons. The van der Waals surface area contributed by atoms with Crippen LogP contribution >= 0.6 is 0 Å². The van der Waals surface area contributed by atoms with Crippen molar-refractivity contribution < 1.29 is 0 Å². The van der Waals surface area contributed by atoms with E-state index >= 15 is 0 Å². The molecule has 34 heavy (non-hydrogen) atoms. The molecule has 0 radical (unpaired) electrons. The molecule has 12 nitrogen and oxygen atoms in total. The van der Waals surface area contributed by atoms with Crippen molar-refractivity contribution in [2.75, 3.05) is 30.8 Å². The molecule has 6 rings (SSSR count). The van der Waals surface area contributed by atoms with Crippen LogP contribution in [0.5, 0.6) is 0 Å². The Hall–Kier alpha value is -3.80. The first-order valence-corrected chi connectivity index (χ1v) is 11.5. The highest BCUT2D eigenvalue weighted by Gasteiger charge is 2.38. The van der Waals surface area contributed by atoms with Gasteiger partial charge >= 0.3 is 0 Å². The number of H-pyrrole nitrogens is 1. The molecule has 1 saturated carbocycles. The van der Waals surface area contributed by atoms with Crippen molar-refractivity contribution in [3.63, 3.8) is 0 Å². The zero-order valence-electron chi connectivity index (χ0n) is 19.2. The van der Waals surface area contributed by atoms with Crippen LogP contribution < -0.4 is 16.2 Å². The van der Waals surface area contributed by atoms with Gasteiger partial charge in [0.05, 0.1) is 23.4 Å². The van der Waals surface area contributed by atoms with E-state index < -0.39 is 0 Å². The fraction of sp³-hybridized carbons (Fsp3) is 0.455. The summed E-state index contributed by atoms with van der Waals surface area (Å²) in [7, 11) is 2.15. The molecular weight excluding hydrogens is 434 g/mol. The topological polar surface area (TPSA) is 134 Å². The van der Waals surface area contributed by atoms with Crippen LogP contribution in [-0.2, 0) is 0 Å². The third-order valence-corrected chi connectivity index (χ3v) is 6.72. The summed E-state index contributed by atoms with van der Waals surface area (Å²) < 4.78 is 3.44. The van der Waals surface area contributed by atoms with Crippen molar-refractivity contribution in [3.05, 3.63) is 41.3 Å². The largest absolute Gasteiger partial charge is 0.364 e. The second-order valence-corrected chi connectivity index (χ2v) is 9.51. The number of pyridine rings is 1. The molecule has 1 aliphatic heterocycles. The number of nitrogens with zero attached hydrogens (tertiary/aromatic N) is 8. The van der Waals surface area contributed by atoms with E-state index in [1.807, 2.05) is 10.9 Å². The lowest BCUT2D eigenvalue weighted by Gasteiger charge is -2.28. The lowest BCUT2D eigenvalue weighted by molar-refractivity contribution is 0.212. The standard InChI is InChI=1S/C22H27N11O/c1-22(6-7-22)29-18-17-16(5-10-32(19(17)34)21-23-13-24-30-21)27-20(28-18)26-14-11-25-33(12-14)15-3-8-31(2)9-4-15/h5,10-13,15H,3-4,6-9H2,1-2H3,(H,23,24,30)(H2,26,27,28,29). The van der Waals surface area contributed by atoms with Gasteiger partial charge in [-0.05, 0) is 58.8 Å². The van der Waals surface area contributed by atoms with Gasteiger partial charge in [0, 0.05) is 17.9 Å². The molecule has 0 spiro atoms. The molecule has 5 heterocycles. The SMILES string of the molecule is CN1CCC(n2cc(Nc3nc(NC4(C)CC4)c4c(=O)n(-c5ncn[nH]5)ccc4n3)cn2)CC1. The number of aromatic nitrogens is 8. The van der Waals surface area contributed by atoms with Gasteiger partial charge in [-0.25, -0.2) is 10.1 Å². The Bertz CT molecular complexity index is 1380. The van der Waals surface area contributed by atoms with Gasteiger partial charge in [0.1, 0.15) is 17.5 Å². The predicted molar refractivity (Wildman–Crippen MR) is 128 cm³/mol. The maximum Gasteiger partial charge on any atom is 0.270 e. The molecule has 1 aliphatic carbocycles. The van der Waals surface area contributed by atoms with Crippen LogP contribution in [0, 0.1) is 0 Å². The molecule has 2 fully saturated rings. The minimum Gasteiger partial charge on any atom is -0.364 e. The monoisotopic (exact) mass is 461 g/mol. The number of anilines is 3. The summed E-state index contributed by atoms with van der Waals surface area (Å²) in [5.41, 5.74) is 1.03. The molecule has 3 N–H and O–H groups in total. The lowest BCUT2D eigenvalue weighted by Crippen LogP contribution is -2.31. The number of nitrogens with one attached hydrogen (secondary N) is 3. The van der Waals surface area contributed by atoms with Crippen molar-refractivity contribution in [1.29, 1.82) is 0 Å². The normalized spacial score (nSPS) is 18.3. The van der Waals surface area contributed by atoms with Crippen LogP contribution in [0.3, 0.4) is 0 Å². The molecule has 0 bridgehead atoms. The Kier molecular flexibility index (Phi) is 4.83. The fourth-order valence-electron chi connectivity index (χ4n) is 4.36. The number of fused-ring (bicyclic) bond motifs is 1. The highest BCUT2D eigenvalue weighted by molar-refractivity contribution is 5.90. The predicted octanol–water partition coefficient (Wildman–Crippen LogP) is 2.07. The van der Waals surface area contributed by atoms with Crippen molar-refractivity contribution >= 4 is 28.4 Å². The molecule has 1 saturated heterocycles. The zero-order chi connectivity index (χ0) is 23.3. The average molecular weight is 462 g/mol. The molecule has 0 unspecified atom stereocenters. The van der Waals surface area contributed by atoms with Crippen LogP contribution in [0.2, 0.25) is 0 Å². The van der Waals surface area contributed by atoms with E-state index in [2.05, 4.69) is 54.8 Å². The number of rotatable bonds is 6. The van der Waals surface area contributed by atoms with Gasteiger partial charge in [0.15, 0.2) is 0 Å². The molecule has 4 aromatic rings. The summed E-state index contributed by atoms with van der Waals surface area (Å²) in [6.45, 7) is 4.26. The number of hydrogen-bond donors (Lipinski definition) is 3. The van der Waals surface area contributed by atoms with E-state index in [-0.39, 0.29) is 11.1 Å². The average Bonchev–Trinajstić information content (AvgIpc) is 3.21. The lowest BCUT2D eigenvalue weighted by atomic mass is 10.1. The van der Waals surface area contributed by atoms with Gasteiger partial charge in [-0.1, -0.05) is 0 Å². The van der Waals surface area contributed by atoms with E-state index in [1.54, 1.807) is 18.5 Å². The van der Waals surface area contributed by atoms with Crippen molar-refractivity contribution in [3.8, 4) is 5.95 Å². The Morgan fingerprint density at radius 1 is 1.21 bits per heavy atom. The van der Waals surface area contributed by atoms with E-state index in [4.69, 9.17) is 4.98 Å². The second kappa shape index (κ2) is 7.90. The summed E-state index contributed by atoms with van der Waals surface area (Å²) in [5, 5.41) is 18.3. The van der Waals surface area contributed by atoms with Gasteiger partial charge in [-0.3, -0.25) is 14.0 Å². The van der Waals surface area contributed by atoms with Gasteiger partial charge in [-0.2, -0.15) is 20.2 Å². The number of hydrogen-bond acceptors (Lipinski definition) is 9. The number of likely N-dealkylation sites (tertiary alicyclic amines) is 1. The van der Waals surface area contributed by atoms with Gasteiger partial charge in [0.2, 0.25) is 11.9 Å². The molecule has 4 aromatic heterocycles.